The zero-order chi connectivity index (χ0) is 13.1. The molecular weight excluding hydrogens is 297 g/mol. The molecule has 0 spiro atoms. The summed E-state index contributed by atoms with van der Waals surface area (Å²) in [4.78, 5) is 0. The van der Waals surface area contributed by atoms with Gasteiger partial charge in [0.05, 0.1) is 6.42 Å². The van der Waals surface area contributed by atoms with Crippen LogP contribution in [0.3, 0.4) is 0 Å². The molecular formula is C11H14BrF3N2. The summed E-state index contributed by atoms with van der Waals surface area (Å²) in [5, 5.41) is 2.81. The fraction of sp³-hybridized carbons (Fsp3) is 0.455. The van der Waals surface area contributed by atoms with Crippen LogP contribution >= 0.6 is 15.9 Å². The molecule has 6 heteroatoms. The number of benzene rings is 1. The van der Waals surface area contributed by atoms with Gasteiger partial charge in [0, 0.05) is 22.7 Å². The minimum Gasteiger partial charge on any atom is -0.399 e. The molecule has 1 aromatic rings. The zero-order valence-electron chi connectivity index (χ0n) is 9.31. The van der Waals surface area contributed by atoms with Crippen molar-refractivity contribution in [1.29, 1.82) is 0 Å². The third kappa shape index (κ3) is 5.93. The molecule has 0 bridgehead atoms. The zero-order valence-corrected chi connectivity index (χ0v) is 10.9. The summed E-state index contributed by atoms with van der Waals surface area (Å²) < 4.78 is 37.1. The largest absolute Gasteiger partial charge is 0.399 e. The first kappa shape index (κ1) is 14.3. The Morgan fingerprint density at radius 3 is 2.53 bits per heavy atom. The molecule has 17 heavy (non-hydrogen) atoms. The second-order valence-corrected chi connectivity index (χ2v) is 4.91. The number of anilines is 1. The molecule has 0 fully saturated rings. The predicted molar refractivity (Wildman–Crippen MR) is 65.5 cm³/mol. The van der Waals surface area contributed by atoms with E-state index in [0.717, 1.165) is 10.0 Å². The van der Waals surface area contributed by atoms with E-state index in [1.807, 2.05) is 6.07 Å². The maximum Gasteiger partial charge on any atom is 0.390 e. The maximum absolute atomic E-state index is 12.1. The number of hydrogen-bond acceptors (Lipinski definition) is 2. The fourth-order valence-electron chi connectivity index (χ4n) is 1.49. The standard InChI is InChI=1S/C11H14BrF3N2/c1-7(5-11(13,14)15)17-6-8-2-9(12)4-10(16)3-8/h2-4,7,17H,5-6,16H2,1H3. The molecule has 1 rings (SSSR count). The number of nitrogens with two attached hydrogens (primary N) is 1. The van der Waals surface area contributed by atoms with E-state index in [1.165, 1.54) is 6.92 Å². The van der Waals surface area contributed by atoms with Gasteiger partial charge in [-0.15, -0.1) is 0 Å². The van der Waals surface area contributed by atoms with Gasteiger partial charge in [-0.3, -0.25) is 0 Å². The fourth-order valence-corrected chi connectivity index (χ4v) is 2.05. The lowest BCUT2D eigenvalue weighted by Crippen LogP contribution is -2.30. The van der Waals surface area contributed by atoms with Crippen LogP contribution in [-0.4, -0.2) is 12.2 Å². The van der Waals surface area contributed by atoms with E-state index in [0.29, 0.717) is 12.2 Å². The van der Waals surface area contributed by atoms with Crippen LogP contribution in [0, 0.1) is 0 Å². The molecule has 0 saturated heterocycles. The van der Waals surface area contributed by atoms with Crippen molar-refractivity contribution in [1.82, 2.24) is 5.32 Å². The van der Waals surface area contributed by atoms with Crippen LogP contribution < -0.4 is 11.1 Å². The lowest BCUT2D eigenvalue weighted by atomic mass is 10.1. The first-order valence-corrected chi connectivity index (χ1v) is 5.90. The van der Waals surface area contributed by atoms with E-state index in [2.05, 4.69) is 21.2 Å². The smallest absolute Gasteiger partial charge is 0.390 e. The Kier molecular flexibility index (Phi) is 4.82. The van der Waals surface area contributed by atoms with Gasteiger partial charge in [0.2, 0.25) is 0 Å². The van der Waals surface area contributed by atoms with Crippen molar-refractivity contribution in [2.75, 3.05) is 5.73 Å². The van der Waals surface area contributed by atoms with E-state index in [-0.39, 0.29) is 0 Å². The second-order valence-electron chi connectivity index (χ2n) is 3.99. The number of nitrogens with one attached hydrogen (secondary N) is 1. The number of halogens is 4. The number of alkyl halides is 3. The lowest BCUT2D eigenvalue weighted by molar-refractivity contribution is -0.139. The Morgan fingerprint density at radius 2 is 2.00 bits per heavy atom. The number of nitrogen functional groups attached to an aromatic ring is 1. The highest BCUT2D eigenvalue weighted by atomic mass is 79.9. The Bertz CT molecular complexity index is 359. The summed E-state index contributed by atoms with van der Waals surface area (Å²) >= 11 is 3.28. The van der Waals surface area contributed by atoms with Crippen molar-refractivity contribution in [2.45, 2.75) is 32.1 Å². The van der Waals surface area contributed by atoms with E-state index in [4.69, 9.17) is 5.73 Å². The van der Waals surface area contributed by atoms with Gasteiger partial charge in [-0.25, -0.2) is 0 Å². The lowest BCUT2D eigenvalue weighted by Gasteiger charge is -2.16. The molecule has 1 unspecified atom stereocenters. The highest BCUT2D eigenvalue weighted by Crippen LogP contribution is 2.22. The third-order valence-electron chi connectivity index (χ3n) is 2.17. The van der Waals surface area contributed by atoms with E-state index in [9.17, 15) is 13.2 Å². The van der Waals surface area contributed by atoms with Crippen molar-refractivity contribution in [3.8, 4) is 0 Å². The molecule has 0 amide bonds. The van der Waals surface area contributed by atoms with Crippen LogP contribution in [0.15, 0.2) is 22.7 Å². The van der Waals surface area contributed by atoms with Gasteiger partial charge in [-0.05, 0) is 30.7 Å². The van der Waals surface area contributed by atoms with E-state index >= 15 is 0 Å². The van der Waals surface area contributed by atoms with Gasteiger partial charge >= 0.3 is 6.18 Å². The van der Waals surface area contributed by atoms with Crippen molar-refractivity contribution in [2.24, 2.45) is 0 Å². The average Bonchev–Trinajstić information content (AvgIpc) is 2.10. The van der Waals surface area contributed by atoms with Crippen LogP contribution in [0.25, 0.3) is 0 Å². The SMILES string of the molecule is CC(CC(F)(F)F)NCc1cc(N)cc(Br)c1. The topological polar surface area (TPSA) is 38.0 Å². The van der Waals surface area contributed by atoms with Crippen molar-refractivity contribution < 1.29 is 13.2 Å². The molecule has 0 heterocycles. The van der Waals surface area contributed by atoms with Gasteiger partial charge in [-0.1, -0.05) is 15.9 Å². The molecule has 0 aliphatic heterocycles. The first-order valence-electron chi connectivity index (χ1n) is 5.11. The molecule has 0 radical (unpaired) electrons. The predicted octanol–water partition coefficient (Wildman–Crippen LogP) is 3.46. The summed E-state index contributed by atoms with van der Waals surface area (Å²) in [6.45, 7) is 1.87. The summed E-state index contributed by atoms with van der Waals surface area (Å²) in [5.74, 6) is 0. The van der Waals surface area contributed by atoms with Gasteiger partial charge < -0.3 is 11.1 Å². The van der Waals surface area contributed by atoms with Crippen molar-refractivity contribution in [3.05, 3.63) is 28.2 Å². The third-order valence-corrected chi connectivity index (χ3v) is 2.63. The number of hydrogen-bond donors (Lipinski definition) is 2. The van der Waals surface area contributed by atoms with Crippen LogP contribution in [0.1, 0.15) is 18.9 Å². The van der Waals surface area contributed by atoms with Crippen LogP contribution in [0.4, 0.5) is 18.9 Å². The van der Waals surface area contributed by atoms with E-state index in [1.54, 1.807) is 12.1 Å². The van der Waals surface area contributed by atoms with Crippen molar-refractivity contribution >= 4 is 21.6 Å². The molecule has 0 aliphatic rings. The van der Waals surface area contributed by atoms with Gasteiger partial charge in [-0.2, -0.15) is 13.2 Å². The van der Waals surface area contributed by atoms with Crippen LogP contribution in [-0.2, 0) is 6.54 Å². The molecule has 1 atom stereocenters. The second kappa shape index (κ2) is 5.73. The Labute approximate surface area is 107 Å². The minimum absolute atomic E-state index is 0.362. The first-order chi connectivity index (χ1) is 7.76. The van der Waals surface area contributed by atoms with E-state index < -0.39 is 18.6 Å². The Balaban J connectivity index is 2.50. The summed E-state index contributed by atoms with van der Waals surface area (Å²) in [5.41, 5.74) is 7.07. The quantitative estimate of drug-likeness (QED) is 0.836. The van der Waals surface area contributed by atoms with Crippen LogP contribution in [0.5, 0.6) is 0 Å². The van der Waals surface area contributed by atoms with Gasteiger partial charge in [0.25, 0.3) is 0 Å². The summed E-state index contributed by atoms with van der Waals surface area (Å²) in [7, 11) is 0. The Hall–Kier alpha value is -0.750. The van der Waals surface area contributed by atoms with Gasteiger partial charge in [0.15, 0.2) is 0 Å². The molecule has 0 aliphatic carbocycles. The minimum atomic E-state index is -4.14. The molecule has 3 N–H and O–H groups in total. The van der Waals surface area contributed by atoms with Crippen molar-refractivity contribution in [3.63, 3.8) is 0 Å². The molecule has 0 saturated carbocycles. The van der Waals surface area contributed by atoms with Crippen LogP contribution in [0.2, 0.25) is 0 Å². The highest BCUT2D eigenvalue weighted by molar-refractivity contribution is 9.10. The average molecular weight is 311 g/mol. The maximum atomic E-state index is 12.1. The molecule has 96 valence electrons. The normalized spacial score (nSPS) is 13.7. The highest BCUT2D eigenvalue weighted by Gasteiger charge is 2.29. The Morgan fingerprint density at radius 1 is 1.35 bits per heavy atom. The number of rotatable bonds is 4. The molecule has 2 nitrogen and oxygen atoms in total. The summed E-state index contributed by atoms with van der Waals surface area (Å²) in [6, 6.07) is 4.68. The monoisotopic (exact) mass is 310 g/mol. The molecule has 1 aromatic carbocycles. The van der Waals surface area contributed by atoms with Gasteiger partial charge in [0.1, 0.15) is 0 Å². The molecule has 0 aromatic heterocycles. The summed E-state index contributed by atoms with van der Waals surface area (Å²) in [6.07, 6.45) is -4.97.